The second-order valence-corrected chi connectivity index (χ2v) is 12.4. The molecule has 4 fully saturated rings. The van der Waals surface area contributed by atoms with Crippen molar-refractivity contribution in [1.82, 2.24) is 4.90 Å². The van der Waals surface area contributed by atoms with Gasteiger partial charge in [0.2, 0.25) is 0 Å². The van der Waals surface area contributed by atoms with E-state index in [0.29, 0.717) is 30.2 Å². The Labute approximate surface area is 232 Å². The molecule has 5 atom stereocenters. The molecule has 0 aromatic heterocycles. The smallest absolute Gasteiger partial charge is 0.328 e. The molecule has 5 aliphatic rings. The highest BCUT2D eigenvalue weighted by Gasteiger charge is 2.62. The molecule has 2 N–H and O–H groups in total. The average Bonchev–Trinajstić information content (AvgIpc) is 3.49. The van der Waals surface area contributed by atoms with Gasteiger partial charge in [-0.2, -0.15) is 0 Å². The van der Waals surface area contributed by atoms with E-state index >= 15 is 0 Å². The minimum atomic E-state index is -1.26. The predicted molar refractivity (Wildman–Crippen MR) is 147 cm³/mol. The standard InChI is InChI=1S/C27H43NO3.C4H4O4/c1-19-10-9-17-27(2)25(31-27)24-22(16-15-19)23(26(29)30-24)18-28(20-11-5-3-6-12-20)21-13-7-4-8-14-21;5-3(6)1-2-4(7)8/h10,20-25H,3-9,11-18H2,1-2H3;1-2H,(H,5,6)(H,7,8)/b;2-1+/t22-,23-,24-,25-,27+;/m0./s1. The van der Waals surface area contributed by atoms with Crippen molar-refractivity contribution in [3.8, 4) is 0 Å². The summed E-state index contributed by atoms with van der Waals surface area (Å²) in [5.74, 6) is -2.13. The number of hydrogen-bond acceptors (Lipinski definition) is 6. The molecule has 2 aliphatic heterocycles. The van der Waals surface area contributed by atoms with Gasteiger partial charge in [0.05, 0.1) is 11.5 Å². The fraction of sp³-hybridized carbons (Fsp3) is 0.774. The molecule has 2 saturated carbocycles. The fourth-order valence-electron chi connectivity index (χ4n) is 7.34. The maximum Gasteiger partial charge on any atom is 0.328 e. The molecular weight excluding hydrogens is 498 g/mol. The zero-order chi connectivity index (χ0) is 28.0. The third-order valence-corrected chi connectivity index (χ3v) is 9.60. The van der Waals surface area contributed by atoms with Crippen molar-refractivity contribution >= 4 is 17.9 Å². The molecule has 2 saturated heterocycles. The van der Waals surface area contributed by atoms with Crippen LogP contribution in [0.3, 0.4) is 0 Å². The molecule has 5 rings (SSSR count). The average molecular weight is 546 g/mol. The monoisotopic (exact) mass is 545 g/mol. The maximum absolute atomic E-state index is 13.3. The van der Waals surface area contributed by atoms with Crippen LogP contribution in [0.5, 0.6) is 0 Å². The second kappa shape index (κ2) is 13.4. The third-order valence-electron chi connectivity index (χ3n) is 9.60. The Kier molecular flexibility index (Phi) is 10.3. The van der Waals surface area contributed by atoms with Gasteiger partial charge in [0, 0.05) is 36.7 Å². The Morgan fingerprint density at radius 3 is 2.08 bits per heavy atom. The van der Waals surface area contributed by atoms with Gasteiger partial charge in [0.25, 0.3) is 0 Å². The predicted octanol–water partition coefficient (Wildman–Crippen LogP) is 5.50. The van der Waals surface area contributed by atoms with Crippen LogP contribution < -0.4 is 0 Å². The van der Waals surface area contributed by atoms with Crippen LogP contribution in [0.4, 0.5) is 0 Å². The molecule has 0 aromatic rings. The summed E-state index contributed by atoms with van der Waals surface area (Å²) in [6, 6.07) is 1.35. The molecule has 2 heterocycles. The number of hydrogen-bond donors (Lipinski definition) is 2. The van der Waals surface area contributed by atoms with E-state index in [-0.39, 0.29) is 29.7 Å². The Balaban J connectivity index is 0.000000386. The second-order valence-electron chi connectivity index (χ2n) is 12.4. The van der Waals surface area contributed by atoms with Crippen molar-refractivity contribution in [2.45, 2.75) is 134 Å². The van der Waals surface area contributed by atoms with Crippen LogP contribution in [0, 0.1) is 11.8 Å². The highest BCUT2D eigenvalue weighted by Crippen LogP contribution is 2.50. The zero-order valence-electron chi connectivity index (χ0n) is 23.7. The zero-order valence-corrected chi connectivity index (χ0v) is 23.7. The van der Waals surface area contributed by atoms with E-state index in [2.05, 4.69) is 24.8 Å². The molecule has 39 heavy (non-hydrogen) atoms. The molecule has 0 radical (unpaired) electrons. The lowest BCUT2D eigenvalue weighted by Gasteiger charge is -2.43. The van der Waals surface area contributed by atoms with Gasteiger partial charge >= 0.3 is 17.9 Å². The van der Waals surface area contributed by atoms with Gasteiger partial charge in [-0.15, -0.1) is 0 Å². The lowest BCUT2D eigenvalue weighted by atomic mass is 9.79. The number of allylic oxidation sites excluding steroid dienone is 2. The van der Waals surface area contributed by atoms with E-state index in [0.717, 1.165) is 32.2 Å². The van der Waals surface area contributed by atoms with E-state index in [1.807, 2.05) is 0 Å². The van der Waals surface area contributed by atoms with Crippen LogP contribution in [0.25, 0.3) is 0 Å². The van der Waals surface area contributed by atoms with Crippen LogP contribution in [-0.2, 0) is 23.9 Å². The third kappa shape index (κ3) is 7.94. The number of carbonyl (C=O) groups is 3. The summed E-state index contributed by atoms with van der Waals surface area (Å²) in [5, 5.41) is 15.6. The summed E-state index contributed by atoms with van der Waals surface area (Å²) in [5.41, 5.74) is 1.37. The van der Waals surface area contributed by atoms with Gasteiger partial charge in [-0.25, -0.2) is 9.59 Å². The minimum Gasteiger partial charge on any atom is -0.478 e. The number of aliphatic carboxylic acids is 2. The summed E-state index contributed by atoms with van der Waals surface area (Å²) in [6.07, 6.45) is 21.3. The number of carboxylic acid groups (broad SMARTS) is 2. The molecule has 0 aromatic carbocycles. The SMILES string of the molecule is CC1=CCC[C@@]2(C)O[C@H]2[C@H]2OC(=O)[C@@H](CN(C3CCCCC3)C3CCCCC3)[C@@H]2CC1.O=C(O)/C=C/C(=O)O. The Morgan fingerprint density at radius 1 is 0.974 bits per heavy atom. The lowest BCUT2D eigenvalue weighted by Crippen LogP contribution is -2.49. The molecule has 3 aliphatic carbocycles. The van der Waals surface area contributed by atoms with Crippen molar-refractivity contribution in [1.29, 1.82) is 0 Å². The molecule has 218 valence electrons. The van der Waals surface area contributed by atoms with Crippen LogP contribution in [0.1, 0.15) is 104 Å². The summed E-state index contributed by atoms with van der Waals surface area (Å²) in [7, 11) is 0. The molecule has 0 spiro atoms. The van der Waals surface area contributed by atoms with Crippen LogP contribution in [0.15, 0.2) is 23.8 Å². The largest absolute Gasteiger partial charge is 0.478 e. The van der Waals surface area contributed by atoms with E-state index in [1.54, 1.807) is 0 Å². The summed E-state index contributed by atoms with van der Waals surface area (Å²) in [6.45, 7) is 5.39. The first-order valence-corrected chi connectivity index (χ1v) is 15.1. The van der Waals surface area contributed by atoms with Crippen LogP contribution >= 0.6 is 0 Å². The van der Waals surface area contributed by atoms with Crippen molar-refractivity contribution < 1.29 is 34.1 Å². The maximum atomic E-state index is 13.3. The summed E-state index contributed by atoms with van der Waals surface area (Å²) in [4.78, 5) is 35.2. The molecule has 0 unspecified atom stereocenters. The number of fused-ring (bicyclic) bond motifs is 3. The van der Waals surface area contributed by atoms with Crippen LogP contribution in [0.2, 0.25) is 0 Å². The van der Waals surface area contributed by atoms with Crippen molar-refractivity contribution in [2.24, 2.45) is 11.8 Å². The topological polar surface area (TPSA) is 117 Å². The van der Waals surface area contributed by atoms with Crippen molar-refractivity contribution in [2.75, 3.05) is 6.54 Å². The van der Waals surface area contributed by atoms with Gasteiger partial charge in [-0.05, 0) is 65.2 Å². The van der Waals surface area contributed by atoms with E-state index in [1.165, 1.54) is 69.8 Å². The quantitative estimate of drug-likeness (QED) is 0.194. The normalized spacial score (nSPS) is 33.8. The first kappa shape index (κ1) is 29.8. The number of esters is 1. The van der Waals surface area contributed by atoms with Gasteiger partial charge in [0.1, 0.15) is 12.2 Å². The van der Waals surface area contributed by atoms with E-state index in [4.69, 9.17) is 19.7 Å². The Bertz CT molecular complexity index is 899. The number of epoxide rings is 1. The summed E-state index contributed by atoms with van der Waals surface area (Å²) < 4.78 is 12.3. The minimum absolute atomic E-state index is 0.0227. The fourth-order valence-corrected chi connectivity index (χ4v) is 7.34. The number of carbonyl (C=O) groups excluding carboxylic acids is 1. The highest BCUT2D eigenvalue weighted by molar-refractivity contribution is 5.89. The molecular formula is C31H47NO7. The van der Waals surface area contributed by atoms with Gasteiger partial charge in [-0.1, -0.05) is 50.2 Å². The highest BCUT2D eigenvalue weighted by atomic mass is 16.6. The molecule has 0 amide bonds. The Morgan fingerprint density at radius 2 is 1.54 bits per heavy atom. The Hall–Kier alpha value is -2.19. The van der Waals surface area contributed by atoms with Gasteiger partial charge in [0.15, 0.2) is 0 Å². The van der Waals surface area contributed by atoms with Crippen LogP contribution in [-0.4, -0.2) is 69.5 Å². The number of nitrogens with zero attached hydrogens (tertiary/aromatic N) is 1. The number of carboxylic acids is 2. The first-order valence-electron chi connectivity index (χ1n) is 15.1. The van der Waals surface area contributed by atoms with Gasteiger partial charge < -0.3 is 19.7 Å². The van der Waals surface area contributed by atoms with Gasteiger partial charge in [-0.3, -0.25) is 9.69 Å². The van der Waals surface area contributed by atoms with Crippen molar-refractivity contribution in [3.05, 3.63) is 23.8 Å². The lowest BCUT2D eigenvalue weighted by molar-refractivity contribution is -0.145. The first-order chi connectivity index (χ1) is 18.7. The number of ether oxygens (including phenoxy) is 2. The van der Waals surface area contributed by atoms with Crippen molar-refractivity contribution in [3.63, 3.8) is 0 Å². The van der Waals surface area contributed by atoms with E-state index in [9.17, 15) is 14.4 Å². The molecule has 8 nitrogen and oxygen atoms in total. The molecule has 8 heteroatoms. The number of rotatable bonds is 6. The molecule has 0 bridgehead atoms. The summed E-state index contributed by atoms with van der Waals surface area (Å²) >= 11 is 0. The van der Waals surface area contributed by atoms with E-state index < -0.39 is 11.9 Å².